The Morgan fingerprint density at radius 1 is 1.27 bits per heavy atom. The van der Waals surface area contributed by atoms with Gasteiger partial charge in [-0.05, 0) is 13.8 Å². The van der Waals surface area contributed by atoms with Crippen LogP contribution < -0.4 is 11.2 Å². The van der Waals surface area contributed by atoms with E-state index in [0.29, 0.717) is 0 Å². The Morgan fingerprint density at radius 2 is 1.97 bits per heavy atom. The standard InChI is InChI=1S/C16H23N2O11P/c1-7-5-18(16(23)17-15(7)22)12-3-9(19)11(28-12)6-26-30(24,25)29-13-4-10(20)14(21)8(2)27-13/h5,8-13,19-20H,3-4,6H2,1-2H3,(H,24,25)(H,17,22,23)/t8-,9+,10+,11-,12-,13-/m1/s1. The number of phosphoric ester groups is 1. The van der Waals surface area contributed by atoms with Gasteiger partial charge in [-0.15, -0.1) is 0 Å². The molecule has 3 heterocycles. The molecule has 2 fully saturated rings. The van der Waals surface area contributed by atoms with E-state index >= 15 is 0 Å². The van der Waals surface area contributed by atoms with E-state index in [1.807, 2.05) is 0 Å². The van der Waals surface area contributed by atoms with Crippen LogP contribution in [0, 0.1) is 6.92 Å². The first kappa shape index (κ1) is 23.0. The van der Waals surface area contributed by atoms with Crippen LogP contribution in [0.4, 0.5) is 0 Å². The molecule has 0 amide bonds. The first-order valence-corrected chi connectivity index (χ1v) is 10.6. The molecule has 2 saturated heterocycles. The number of aliphatic hydroxyl groups excluding tert-OH is 2. The zero-order valence-corrected chi connectivity index (χ0v) is 17.1. The summed E-state index contributed by atoms with van der Waals surface area (Å²) in [5.74, 6) is -0.565. The highest BCUT2D eigenvalue weighted by atomic mass is 31.2. The van der Waals surface area contributed by atoms with Gasteiger partial charge in [0.25, 0.3) is 5.56 Å². The highest BCUT2D eigenvalue weighted by Crippen LogP contribution is 2.47. The van der Waals surface area contributed by atoms with E-state index in [-0.39, 0.29) is 18.4 Å². The predicted molar refractivity (Wildman–Crippen MR) is 97.4 cm³/mol. The zero-order chi connectivity index (χ0) is 22.2. The number of H-pyrrole nitrogens is 1. The summed E-state index contributed by atoms with van der Waals surface area (Å²) in [4.78, 5) is 46.9. The van der Waals surface area contributed by atoms with Crippen LogP contribution in [0.3, 0.4) is 0 Å². The summed E-state index contributed by atoms with van der Waals surface area (Å²) >= 11 is 0. The third kappa shape index (κ3) is 5.13. The van der Waals surface area contributed by atoms with E-state index in [0.717, 1.165) is 4.57 Å². The van der Waals surface area contributed by atoms with Crippen molar-refractivity contribution in [1.29, 1.82) is 0 Å². The molecule has 4 N–H and O–H groups in total. The molecule has 0 spiro atoms. The van der Waals surface area contributed by atoms with Crippen LogP contribution in [0.2, 0.25) is 0 Å². The van der Waals surface area contributed by atoms with Crippen molar-refractivity contribution in [2.45, 2.75) is 63.6 Å². The quantitative estimate of drug-likeness (QED) is 0.377. The van der Waals surface area contributed by atoms with Crippen molar-refractivity contribution in [3.63, 3.8) is 0 Å². The second kappa shape index (κ2) is 8.81. The number of hydrogen-bond donors (Lipinski definition) is 4. The molecular formula is C16H23N2O11P. The van der Waals surface area contributed by atoms with Crippen LogP contribution in [0.15, 0.2) is 15.8 Å². The third-order valence-electron chi connectivity index (χ3n) is 4.81. The van der Waals surface area contributed by atoms with Crippen molar-refractivity contribution in [3.8, 4) is 0 Å². The Morgan fingerprint density at radius 3 is 2.63 bits per heavy atom. The van der Waals surface area contributed by atoms with Crippen molar-refractivity contribution in [3.05, 3.63) is 32.6 Å². The Labute approximate surface area is 169 Å². The molecule has 0 aromatic carbocycles. The summed E-state index contributed by atoms with van der Waals surface area (Å²) in [6.07, 6.45) is -5.92. The summed E-state index contributed by atoms with van der Waals surface area (Å²) < 4.78 is 33.6. The van der Waals surface area contributed by atoms with Crippen LogP contribution in [0.25, 0.3) is 0 Å². The monoisotopic (exact) mass is 450 g/mol. The Bertz CT molecular complexity index is 945. The summed E-state index contributed by atoms with van der Waals surface area (Å²) in [5, 5.41) is 19.8. The average Bonchev–Trinajstić information content (AvgIpc) is 3.01. The average molecular weight is 450 g/mol. The smallest absolute Gasteiger partial charge is 0.390 e. The number of ketones is 1. The molecule has 13 nitrogen and oxygen atoms in total. The molecule has 0 aliphatic carbocycles. The van der Waals surface area contributed by atoms with Gasteiger partial charge in [-0.3, -0.25) is 28.2 Å². The molecule has 7 atom stereocenters. The number of aromatic amines is 1. The molecule has 0 bridgehead atoms. The largest absolute Gasteiger partial charge is 0.474 e. The number of nitrogens with zero attached hydrogens (tertiary/aromatic N) is 1. The van der Waals surface area contributed by atoms with Gasteiger partial charge in [0.05, 0.1) is 12.7 Å². The van der Waals surface area contributed by atoms with Gasteiger partial charge in [-0.2, -0.15) is 0 Å². The second-order valence-corrected chi connectivity index (χ2v) is 8.55. The fourth-order valence-corrected chi connectivity index (χ4v) is 4.00. The Hall–Kier alpha value is -1.70. The number of aromatic nitrogens is 2. The number of Topliss-reactive ketones (excluding diaryl/α,β-unsaturated/α-hetero) is 1. The number of ether oxygens (including phenoxy) is 2. The Kier molecular flexibility index (Phi) is 6.75. The molecule has 30 heavy (non-hydrogen) atoms. The van der Waals surface area contributed by atoms with Gasteiger partial charge in [0.2, 0.25) is 0 Å². The molecule has 0 saturated carbocycles. The maximum Gasteiger partial charge on any atom is 0.474 e. The molecule has 14 heteroatoms. The van der Waals surface area contributed by atoms with E-state index in [4.69, 9.17) is 18.5 Å². The molecule has 1 unspecified atom stereocenters. The molecule has 3 rings (SSSR count). The molecule has 1 aromatic heterocycles. The summed E-state index contributed by atoms with van der Waals surface area (Å²) in [7, 11) is -4.68. The highest BCUT2D eigenvalue weighted by molar-refractivity contribution is 7.47. The van der Waals surface area contributed by atoms with Crippen molar-refractivity contribution >= 4 is 13.6 Å². The SMILES string of the molecule is Cc1cn([C@H]2C[C@H](O)[C@@H](COP(=O)(O)O[C@@H]3C[C@H](O)C(=O)[C@@H](C)O3)O2)c(=O)[nH]c1=O. The minimum atomic E-state index is -4.68. The molecule has 1 aromatic rings. The fourth-order valence-electron chi connectivity index (χ4n) is 3.17. The van der Waals surface area contributed by atoms with Crippen molar-refractivity contribution in [2.24, 2.45) is 0 Å². The predicted octanol–water partition coefficient (Wildman–Crippen LogP) is -1.31. The second-order valence-electron chi connectivity index (χ2n) is 7.14. The van der Waals surface area contributed by atoms with Crippen LogP contribution in [-0.2, 0) is 27.9 Å². The van der Waals surface area contributed by atoms with E-state index in [9.17, 15) is 34.1 Å². The van der Waals surface area contributed by atoms with Gasteiger partial charge in [0.15, 0.2) is 12.1 Å². The lowest BCUT2D eigenvalue weighted by Crippen LogP contribution is -2.44. The van der Waals surface area contributed by atoms with Gasteiger partial charge in [-0.1, -0.05) is 0 Å². The van der Waals surface area contributed by atoms with Crippen LogP contribution >= 0.6 is 7.82 Å². The molecule has 2 aliphatic heterocycles. The van der Waals surface area contributed by atoms with Gasteiger partial charge in [0, 0.05) is 24.6 Å². The molecular weight excluding hydrogens is 427 g/mol. The Balaban J connectivity index is 1.58. The van der Waals surface area contributed by atoms with Gasteiger partial charge >= 0.3 is 13.5 Å². The lowest BCUT2D eigenvalue weighted by molar-refractivity contribution is -0.187. The summed E-state index contributed by atoms with van der Waals surface area (Å²) in [5.41, 5.74) is -1.00. The van der Waals surface area contributed by atoms with Crippen molar-refractivity contribution in [1.82, 2.24) is 9.55 Å². The van der Waals surface area contributed by atoms with Crippen LogP contribution in [0.5, 0.6) is 0 Å². The number of carbonyl (C=O) groups is 1. The molecule has 0 radical (unpaired) electrons. The van der Waals surface area contributed by atoms with E-state index in [1.165, 1.54) is 20.0 Å². The van der Waals surface area contributed by atoms with E-state index in [1.54, 1.807) is 0 Å². The number of phosphoric acid groups is 1. The normalized spacial score (nSPS) is 34.1. The van der Waals surface area contributed by atoms with E-state index in [2.05, 4.69) is 4.98 Å². The minimum absolute atomic E-state index is 0.0203. The van der Waals surface area contributed by atoms with Gasteiger partial charge in [-0.25, -0.2) is 9.36 Å². The minimum Gasteiger partial charge on any atom is -0.390 e. The number of aliphatic hydroxyl groups is 2. The van der Waals surface area contributed by atoms with E-state index < -0.39 is 68.4 Å². The fraction of sp³-hybridized carbons (Fsp3) is 0.688. The topological polar surface area (TPSA) is 187 Å². The number of rotatable bonds is 6. The lowest BCUT2D eigenvalue weighted by Gasteiger charge is -2.30. The number of carbonyl (C=O) groups excluding carboxylic acids is 1. The van der Waals surface area contributed by atoms with Crippen LogP contribution in [-0.4, -0.2) is 67.8 Å². The summed E-state index contributed by atoms with van der Waals surface area (Å²) in [6, 6.07) is 0. The number of hydrogen-bond acceptors (Lipinski definition) is 10. The van der Waals surface area contributed by atoms with Crippen molar-refractivity contribution < 1.29 is 43.0 Å². The maximum atomic E-state index is 12.2. The van der Waals surface area contributed by atoms with Crippen molar-refractivity contribution in [2.75, 3.05) is 6.61 Å². The highest BCUT2D eigenvalue weighted by Gasteiger charge is 2.41. The van der Waals surface area contributed by atoms with Gasteiger partial charge in [0.1, 0.15) is 24.5 Å². The first-order chi connectivity index (χ1) is 14.0. The van der Waals surface area contributed by atoms with Crippen LogP contribution in [0.1, 0.15) is 31.6 Å². The zero-order valence-electron chi connectivity index (χ0n) is 16.2. The lowest BCUT2D eigenvalue weighted by atomic mass is 10.1. The third-order valence-corrected chi connectivity index (χ3v) is 5.79. The van der Waals surface area contributed by atoms with Gasteiger partial charge < -0.3 is 24.6 Å². The number of nitrogens with one attached hydrogen (secondary N) is 1. The number of aryl methyl sites for hydroxylation is 1. The first-order valence-electron chi connectivity index (χ1n) is 9.15. The molecule has 168 valence electrons. The maximum absolute atomic E-state index is 12.2. The molecule has 2 aliphatic rings. The summed E-state index contributed by atoms with van der Waals surface area (Å²) in [6.45, 7) is 2.32.